The first-order valence-corrected chi connectivity index (χ1v) is 13.7. The highest BCUT2D eigenvalue weighted by atomic mass is 32.2. The highest BCUT2D eigenvalue weighted by molar-refractivity contribution is 8.01. The van der Waals surface area contributed by atoms with E-state index in [1.165, 1.54) is 32.6 Å². The van der Waals surface area contributed by atoms with Crippen LogP contribution in [0.3, 0.4) is 0 Å². The maximum atomic E-state index is 12.8. The van der Waals surface area contributed by atoms with Crippen molar-refractivity contribution in [1.82, 2.24) is 25.0 Å². The molecule has 0 radical (unpaired) electrons. The second-order valence-electron chi connectivity index (χ2n) is 8.05. The number of amides is 2. The van der Waals surface area contributed by atoms with Crippen LogP contribution in [0.1, 0.15) is 31.9 Å². The second-order valence-corrected chi connectivity index (χ2v) is 10.9. The van der Waals surface area contributed by atoms with Gasteiger partial charge in [0.05, 0.1) is 6.42 Å². The summed E-state index contributed by atoms with van der Waals surface area (Å²) in [6, 6.07) is 0.802. The van der Waals surface area contributed by atoms with Crippen molar-refractivity contribution in [1.29, 1.82) is 0 Å². The van der Waals surface area contributed by atoms with Crippen LogP contribution < -0.4 is 10.9 Å². The van der Waals surface area contributed by atoms with Crippen LogP contribution in [0, 0.1) is 0 Å². The molecule has 3 atom stereocenters. The van der Waals surface area contributed by atoms with E-state index in [0.717, 1.165) is 17.3 Å². The maximum absolute atomic E-state index is 12.8. The Morgan fingerprint density at radius 1 is 1.34 bits per heavy atom. The molecule has 2 amide bonds. The van der Waals surface area contributed by atoms with Gasteiger partial charge in [-0.3, -0.25) is 23.9 Å². The average Bonchev–Trinajstić information content (AvgIpc) is 3.34. The molecule has 4 heterocycles. The van der Waals surface area contributed by atoms with Crippen LogP contribution in [-0.2, 0) is 20.8 Å². The third-order valence-electron chi connectivity index (χ3n) is 5.76. The Morgan fingerprint density at radius 3 is 2.77 bits per heavy atom. The summed E-state index contributed by atoms with van der Waals surface area (Å²) in [5.74, 6) is -2.21. The molecule has 0 spiro atoms. The number of thioether (sulfide) groups is 2. The Labute approximate surface area is 212 Å². The van der Waals surface area contributed by atoms with Crippen molar-refractivity contribution >= 4 is 52.6 Å². The molecule has 0 aromatic carbocycles. The number of carbonyl (C=O) groups is 3. The van der Waals surface area contributed by atoms with Gasteiger partial charge in [-0.2, -0.15) is 11.3 Å². The highest BCUT2D eigenvalue weighted by Crippen LogP contribution is 2.41. The van der Waals surface area contributed by atoms with E-state index in [0.29, 0.717) is 17.7 Å². The van der Waals surface area contributed by atoms with E-state index >= 15 is 0 Å². The van der Waals surface area contributed by atoms with Crippen molar-refractivity contribution in [2.45, 2.75) is 49.3 Å². The molecule has 186 valence electrons. The quantitative estimate of drug-likeness (QED) is 0.316. The fraction of sp³-hybridized carbons (Fsp3) is 0.429. The first-order valence-electron chi connectivity index (χ1n) is 10.7. The van der Waals surface area contributed by atoms with Gasteiger partial charge >= 0.3 is 11.5 Å². The number of hydrogen-bond acceptors (Lipinski definition) is 10. The van der Waals surface area contributed by atoms with Gasteiger partial charge in [0.15, 0.2) is 5.16 Å². The van der Waals surface area contributed by atoms with Crippen LogP contribution in [0.25, 0.3) is 0 Å². The van der Waals surface area contributed by atoms with Crippen molar-refractivity contribution < 1.29 is 24.6 Å². The third-order valence-corrected chi connectivity index (χ3v) is 8.87. The minimum absolute atomic E-state index is 0.112. The Morgan fingerprint density at radius 2 is 2.11 bits per heavy atom. The molecule has 35 heavy (non-hydrogen) atoms. The van der Waals surface area contributed by atoms with E-state index in [1.54, 1.807) is 6.92 Å². The zero-order valence-corrected chi connectivity index (χ0v) is 21.3. The summed E-state index contributed by atoms with van der Waals surface area (Å²) in [5, 5.41) is 33.2. The van der Waals surface area contributed by atoms with Crippen LogP contribution in [0.5, 0.6) is 5.88 Å². The van der Waals surface area contributed by atoms with E-state index in [-0.39, 0.29) is 35.0 Å². The molecule has 2 aliphatic rings. The molecule has 0 bridgehead atoms. The number of fused-ring (bicyclic) bond motifs is 1. The number of nitrogens with zero attached hydrogens (tertiary/aromatic N) is 4. The lowest BCUT2D eigenvalue weighted by Crippen LogP contribution is -2.70. The summed E-state index contributed by atoms with van der Waals surface area (Å²) in [5.41, 5.74) is 0.573. The lowest BCUT2D eigenvalue weighted by Gasteiger charge is -2.49. The molecule has 3 N–H and O–H groups in total. The number of rotatable bonds is 9. The van der Waals surface area contributed by atoms with Gasteiger partial charge in [-0.1, -0.05) is 18.7 Å². The summed E-state index contributed by atoms with van der Waals surface area (Å²) in [6.07, 6.45) is 0.765. The van der Waals surface area contributed by atoms with Gasteiger partial charge in [0.2, 0.25) is 5.91 Å². The number of aromatic nitrogens is 3. The molecule has 11 nitrogen and oxygen atoms in total. The molecule has 1 saturated heterocycles. The van der Waals surface area contributed by atoms with Gasteiger partial charge in [-0.15, -0.1) is 22.0 Å². The van der Waals surface area contributed by atoms with Gasteiger partial charge in [0, 0.05) is 17.5 Å². The zero-order chi connectivity index (χ0) is 25.3. The first kappa shape index (κ1) is 25.3. The number of β-lactam (4-membered cyclic amide) rings is 1. The molecule has 2 unspecified atom stereocenters. The standard InChI is InChI=1S/C21H23N5O6S3/c1-3-10(2)25-18(30)16(28)23-24-21(25)35-9-12-8-34-19-14(17(29)26(19)15(12)20(31)32)22-13(27)6-11-4-5-33-7-11/h4-5,7,10,14,19H,3,6,8-9H2,1-2H3,(H,22,27)(H,23,28)(H,31,32)/t10?,14?,19-/m1/s1. The van der Waals surface area contributed by atoms with E-state index in [4.69, 9.17) is 0 Å². The van der Waals surface area contributed by atoms with Gasteiger partial charge in [0.1, 0.15) is 17.1 Å². The number of carbonyl (C=O) groups excluding carboxylic acids is 2. The molecule has 2 aromatic rings. The number of carboxylic acids is 1. The number of carboxylic acid groups (broad SMARTS) is 1. The number of nitrogens with one attached hydrogen (secondary N) is 1. The van der Waals surface area contributed by atoms with Crippen LogP contribution >= 0.6 is 34.9 Å². The Balaban J connectivity index is 1.50. The summed E-state index contributed by atoms with van der Waals surface area (Å²) >= 11 is 3.97. The van der Waals surface area contributed by atoms with Crippen LogP contribution in [0.2, 0.25) is 0 Å². The number of aromatic hydroxyl groups is 1. The molecule has 2 aliphatic heterocycles. The lowest BCUT2D eigenvalue weighted by atomic mass is 10.0. The summed E-state index contributed by atoms with van der Waals surface area (Å²) < 4.78 is 1.33. The minimum Gasteiger partial charge on any atom is -0.488 e. The van der Waals surface area contributed by atoms with Crippen molar-refractivity contribution in [2.75, 3.05) is 11.5 Å². The second kappa shape index (κ2) is 10.4. The molecule has 0 aliphatic carbocycles. The normalized spacial score (nSPS) is 20.3. The Kier molecular flexibility index (Phi) is 7.52. The number of thiophene rings is 1. The maximum Gasteiger partial charge on any atom is 0.352 e. The molecule has 2 aromatic heterocycles. The molecule has 14 heteroatoms. The molecule has 0 saturated carbocycles. The van der Waals surface area contributed by atoms with Crippen molar-refractivity contribution in [3.8, 4) is 5.88 Å². The summed E-state index contributed by atoms with van der Waals surface area (Å²) in [6.45, 7) is 3.69. The summed E-state index contributed by atoms with van der Waals surface area (Å²) in [4.78, 5) is 50.9. The van der Waals surface area contributed by atoms with Crippen LogP contribution in [-0.4, -0.2) is 70.6 Å². The minimum atomic E-state index is -1.24. The smallest absolute Gasteiger partial charge is 0.352 e. The number of hydrogen-bond donors (Lipinski definition) is 3. The van der Waals surface area contributed by atoms with E-state index < -0.39 is 34.7 Å². The Hall–Kier alpha value is -2.84. The van der Waals surface area contributed by atoms with Crippen molar-refractivity contribution in [2.24, 2.45) is 0 Å². The lowest BCUT2D eigenvalue weighted by molar-refractivity contribution is -0.150. The SMILES string of the molecule is CCC(C)n1c(SCC2=C(C(=O)O)N3C(=O)C(NC(=O)Cc4ccsc4)[C@H]3SC2)nnc(O)c1=O. The topological polar surface area (TPSA) is 155 Å². The molecule has 4 rings (SSSR count). The predicted octanol–water partition coefficient (Wildman–Crippen LogP) is 1.45. The van der Waals surface area contributed by atoms with E-state index in [9.17, 15) is 29.4 Å². The first-order chi connectivity index (χ1) is 16.7. The fourth-order valence-corrected chi connectivity index (χ4v) is 6.98. The Bertz CT molecular complexity index is 1240. The highest BCUT2D eigenvalue weighted by Gasteiger charge is 2.54. The van der Waals surface area contributed by atoms with Crippen molar-refractivity contribution in [3.05, 3.63) is 44.0 Å². The molecular formula is C21H23N5O6S3. The van der Waals surface area contributed by atoms with Crippen molar-refractivity contribution in [3.63, 3.8) is 0 Å². The zero-order valence-electron chi connectivity index (χ0n) is 18.8. The monoisotopic (exact) mass is 537 g/mol. The van der Waals surface area contributed by atoms with Crippen LogP contribution in [0.4, 0.5) is 0 Å². The predicted molar refractivity (Wildman–Crippen MR) is 131 cm³/mol. The van der Waals surface area contributed by atoms with E-state index in [2.05, 4.69) is 15.5 Å². The molecule has 1 fully saturated rings. The van der Waals surface area contributed by atoms with Gasteiger partial charge in [-0.25, -0.2) is 4.79 Å². The van der Waals surface area contributed by atoms with Gasteiger partial charge in [0.25, 0.3) is 11.8 Å². The van der Waals surface area contributed by atoms with E-state index in [1.807, 2.05) is 23.8 Å². The van der Waals surface area contributed by atoms with Gasteiger partial charge < -0.3 is 15.5 Å². The molecular weight excluding hydrogens is 514 g/mol. The summed E-state index contributed by atoms with van der Waals surface area (Å²) in [7, 11) is 0. The third kappa shape index (κ3) is 4.95. The number of aliphatic carboxylic acids is 1. The van der Waals surface area contributed by atoms with Gasteiger partial charge in [-0.05, 0) is 41.3 Å². The average molecular weight is 538 g/mol. The fourth-order valence-electron chi connectivity index (χ4n) is 3.79. The largest absolute Gasteiger partial charge is 0.488 e. The van der Waals surface area contributed by atoms with Crippen LogP contribution in [0.15, 0.2) is 38.0 Å².